The summed E-state index contributed by atoms with van der Waals surface area (Å²) in [4.78, 5) is 36.3. The molecular weight excluding hydrogens is 274 g/mol. The van der Waals surface area contributed by atoms with Gasteiger partial charge in [0.15, 0.2) is 0 Å². The highest BCUT2D eigenvalue weighted by atomic mass is 16.6. The van der Waals surface area contributed by atoms with Crippen LogP contribution in [0.1, 0.15) is 33.6 Å². The van der Waals surface area contributed by atoms with Crippen LogP contribution in [0.3, 0.4) is 0 Å². The van der Waals surface area contributed by atoms with Gasteiger partial charge >= 0.3 is 6.09 Å². The summed E-state index contributed by atoms with van der Waals surface area (Å²) in [6.45, 7) is 6.83. The highest BCUT2D eigenvalue weighted by molar-refractivity contribution is 5.85. The quantitative estimate of drug-likeness (QED) is 0.773. The van der Waals surface area contributed by atoms with E-state index < -0.39 is 0 Å². The molecule has 7 nitrogen and oxygen atoms in total. The summed E-state index contributed by atoms with van der Waals surface area (Å²) in [5, 5.41) is 5.45. The molecule has 120 valence electrons. The predicted molar refractivity (Wildman–Crippen MR) is 77.6 cm³/mol. The van der Waals surface area contributed by atoms with Gasteiger partial charge in [0.2, 0.25) is 11.8 Å². The minimum Gasteiger partial charge on any atom is -0.450 e. The van der Waals surface area contributed by atoms with Crippen LogP contribution in [0.4, 0.5) is 4.79 Å². The first kappa shape index (κ1) is 17.3. The summed E-state index contributed by atoms with van der Waals surface area (Å²) >= 11 is 0. The van der Waals surface area contributed by atoms with Gasteiger partial charge in [-0.05, 0) is 19.8 Å². The van der Waals surface area contributed by atoms with Crippen molar-refractivity contribution in [1.29, 1.82) is 0 Å². The van der Waals surface area contributed by atoms with E-state index >= 15 is 0 Å². The van der Waals surface area contributed by atoms with E-state index in [1.165, 1.54) is 0 Å². The summed E-state index contributed by atoms with van der Waals surface area (Å²) < 4.78 is 4.94. The molecule has 2 N–H and O–H groups in total. The number of carbonyl (C=O) groups is 3. The molecule has 0 aromatic heterocycles. The Kier molecular flexibility index (Phi) is 6.98. The molecule has 0 aliphatic carbocycles. The number of nitrogens with one attached hydrogen (secondary N) is 2. The number of hydrogen-bond donors (Lipinski definition) is 2. The number of hydrogen-bond acceptors (Lipinski definition) is 4. The number of carbonyl (C=O) groups excluding carboxylic acids is 3. The molecule has 0 radical (unpaired) electrons. The average Bonchev–Trinajstić information content (AvgIpc) is 2.45. The Balaban J connectivity index is 2.24. The van der Waals surface area contributed by atoms with Gasteiger partial charge < -0.3 is 20.3 Å². The van der Waals surface area contributed by atoms with Crippen molar-refractivity contribution in [2.24, 2.45) is 5.92 Å². The molecular formula is C14H25N3O4. The summed E-state index contributed by atoms with van der Waals surface area (Å²) in [5.41, 5.74) is 0. The van der Waals surface area contributed by atoms with E-state index in [4.69, 9.17) is 4.74 Å². The van der Waals surface area contributed by atoms with Crippen molar-refractivity contribution in [2.75, 3.05) is 26.2 Å². The second-order valence-corrected chi connectivity index (χ2v) is 5.40. The van der Waals surface area contributed by atoms with Gasteiger partial charge in [-0.3, -0.25) is 9.59 Å². The third kappa shape index (κ3) is 6.01. The number of piperidine rings is 1. The lowest BCUT2D eigenvalue weighted by atomic mass is 10.1. The molecule has 0 saturated carbocycles. The van der Waals surface area contributed by atoms with E-state index in [0.717, 1.165) is 0 Å². The summed E-state index contributed by atoms with van der Waals surface area (Å²) in [5.74, 6) is -0.466. The normalized spacial score (nSPS) is 15.7. The topological polar surface area (TPSA) is 87.7 Å². The van der Waals surface area contributed by atoms with E-state index in [-0.39, 0.29) is 36.4 Å². The molecule has 0 aromatic carbocycles. The van der Waals surface area contributed by atoms with Crippen molar-refractivity contribution in [1.82, 2.24) is 15.5 Å². The van der Waals surface area contributed by atoms with Crippen LogP contribution in [-0.2, 0) is 14.3 Å². The van der Waals surface area contributed by atoms with Crippen molar-refractivity contribution >= 4 is 17.9 Å². The molecule has 1 aliphatic heterocycles. The third-order valence-corrected chi connectivity index (χ3v) is 3.33. The van der Waals surface area contributed by atoms with Crippen LogP contribution in [0, 0.1) is 5.92 Å². The number of likely N-dealkylation sites (tertiary alicyclic amines) is 1. The molecule has 1 saturated heterocycles. The molecule has 21 heavy (non-hydrogen) atoms. The van der Waals surface area contributed by atoms with Crippen LogP contribution in [0.15, 0.2) is 0 Å². The minimum absolute atomic E-state index is 0.00486. The zero-order chi connectivity index (χ0) is 15.8. The SMILES string of the molecule is CCOC(=O)N1CCC(NC(=O)CNC(=O)C(C)C)CC1. The van der Waals surface area contributed by atoms with Gasteiger partial charge in [0, 0.05) is 25.0 Å². The van der Waals surface area contributed by atoms with Gasteiger partial charge in [0.1, 0.15) is 0 Å². The van der Waals surface area contributed by atoms with Crippen LogP contribution in [0.25, 0.3) is 0 Å². The van der Waals surface area contributed by atoms with Crippen LogP contribution in [0.5, 0.6) is 0 Å². The Morgan fingerprint density at radius 1 is 1.24 bits per heavy atom. The summed E-state index contributed by atoms with van der Waals surface area (Å²) in [6.07, 6.45) is 1.09. The lowest BCUT2D eigenvalue weighted by Gasteiger charge is -2.31. The predicted octanol–water partition coefficient (Wildman–Crippen LogP) is 0.496. The molecule has 3 amide bonds. The van der Waals surface area contributed by atoms with Gasteiger partial charge in [-0.25, -0.2) is 4.79 Å². The standard InChI is InChI=1S/C14H25N3O4/c1-4-21-14(20)17-7-5-11(6-8-17)16-12(18)9-15-13(19)10(2)3/h10-11H,4-9H2,1-3H3,(H,15,19)(H,16,18). The van der Waals surface area contributed by atoms with Crippen molar-refractivity contribution < 1.29 is 19.1 Å². The molecule has 0 unspecified atom stereocenters. The van der Waals surface area contributed by atoms with Crippen LogP contribution < -0.4 is 10.6 Å². The number of rotatable bonds is 5. The Morgan fingerprint density at radius 2 is 1.86 bits per heavy atom. The van der Waals surface area contributed by atoms with Gasteiger partial charge in [-0.2, -0.15) is 0 Å². The van der Waals surface area contributed by atoms with Crippen molar-refractivity contribution in [3.05, 3.63) is 0 Å². The first-order valence-corrected chi connectivity index (χ1v) is 7.42. The number of amides is 3. The first-order valence-electron chi connectivity index (χ1n) is 7.42. The smallest absolute Gasteiger partial charge is 0.409 e. The second-order valence-electron chi connectivity index (χ2n) is 5.40. The van der Waals surface area contributed by atoms with E-state index in [1.54, 1.807) is 25.7 Å². The van der Waals surface area contributed by atoms with Gasteiger partial charge in [-0.15, -0.1) is 0 Å². The molecule has 0 atom stereocenters. The maximum atomic E-state index is 11.7. The van der Waals surface area contributed by atoms with E-state index in [2.05, 4.69) is 10.6 Å². The second kappa shape index (κ2) is 8.49. The maximum Gasteiger partial charge on any atom is 0.409 e. The average molecular weight is 299 g/mol. The lowest BCUT2D eigenvalue weighted by molar-refractivity contribution is -0.128. The fourth-order valence-corrected chi connectivity index (χ4v) is 2.07. The monoisotopic (exact) mass is 299 g/mol. The Morgan fingerprint density at radius 3 is 2.38 bits per heavy atom. The molecule has 1 aliphatic rings. The highest BCUT2D eigenvalue weighted by Gasteiger charge is 2.24. The summed E-state index contributed by atoms with van der Waals surface area (Å²) in [7, 11) is 0. The fourth-order valence-electron chi connectivity index (χ4n) is 2.07. The third-order valence-electron chi connectivity index (χ3n) is 3.33. The van der Waals surface area contributed by atoms with Crippen LogP contribution in [-0.4, -0.2) is 55.1 Å². The first-order chi connectivity index (χ1) is 9.93. The van der Waals surface area contributed by atoms with Crippen LogP contribution >= 0.6 is 0 Å². The van der Waals surface area contributed by atoms with Crippen molar-refractivity contribution in [3.63, 3.8) is 0 Å². The van der Waals surface area contributed by atoms with Crippen molar-refractivity contribution in [3.8, 4) is 0 Å². The molecule has 1 fully saturated rings. The minimum atomic E-state index is -0.300. The largest absolute Gasteiger partial charge is 0.450 e. The Hall–Kier alpha value is -1.79. The number of ether oxygens (including phenoxy) is 1. The van der Waals surface area contributed by atoms with E-state index in [0.29, 0.717) is 32.5 Å². The highest BCUT2D eigenvalue weighted by Crippen LogP contribution is 2.11. The molecule has 1 heterocycles. The fraction of sp³-hybridized carbons (Fsp3) is 0.786. The maximum absolute atomic E-state index is 11.7. The summed E-state index contributed by atoms with van der Waals surface area (Å²) in [6, 6.07) is 0.0409. The number of nitrogens with zero attached hydrogens (tertiary/aromatic N) is 1. The van der Waals surface area contributed by atoms with Gasteiger partial charge in [0.05, 0.1) is 13.2 Å². The Labute approximate surface area is 125 Å². The lowest BCUT2D eigenvalue weighted by Crippen LogP contribution is -2.49. The molecule has 0 spiro atoms. The van der Waals surface area contributed by atoms with E-state index in [9.17, 15) is 14.4 Å². The Bertz CT molecular complexity index is 376. The van der Waals surface area contributed by atoms with E-state index in [1.807, 2.05) is 0 Å². The van der Waals surface area contributed by atoms with Gasteiger partial charge in [-0.1, -0.05) is 13.8 Å². The molecule has 0 aromatic rings. The van der Waals surface area contributed by atoms with Crippen LogP contribution in [0.2, 0.25) is 0 Å². The zero-order valence-electron chi connectivity index (χ0n) is 13.0. The molecule has 1 rings (SSSR count). The van der Waals surface area contributed by atoms with Gasteiger partial charge in [0.25, 0.3) is 0 Å². The molecule has 0 bridgehead atoms. The van der Waals surface area contributed by atoms with Crippen molar-refractivity contribution in [2.45, 2.75) is 39.7 Å². The zero-order valence-corrected chi connectivity index (χ0v) is 13.0. The molecule has 7 heteroatoms.